The van der Waals surface area contributed by atoms with Gasteiger partial charge in [-0.15, -0.1) is 0 Å². The van der Waals surface area contributed by atoms with Gasteiger partial charge in [-0.3, -0.25) is 9.69 Å². The minimum atomic E-state index is -0.0689. The standard InChI is InChI=1S/C19H23ClN4O/c1-13-5-6-15(10-17(13)20)19(25)23-16-4-3-9-24(11-16)12-18-21-8-7-14(2)22-18/h5-8,10,16H,3-4,9,11-12H2,1-2H3,(H,23,25)/t16-/m1/s1. The highest BCUT2D eigenvalue weighted by atomic mass is 35.5. The molecule has 2 heterocycles. The number of carbonyl (C=O) groups is 1. The number of carbonyl (C=O) groups excluding carboxylic acids is 1. The van der Waals surface area contributed by atoms with Gasteiger partial charge in [-0.25, -0.2) is 9.97 Å². The Hall–Kier alpha value is -1.98. The fourth-order valence-corrected chi connectivity index (χ4v) is 3.28. The lowest BCUT2D eigenvalue weighted by atomic mass is 10.0. The molecule has 0 radical (unpaired) electrons. The molecule has 132 valence electrons. The Balaban J connectivity index is 1.59. The van der Waals surface area contributed by atoms with Gasteiger partial charge in [-0.1, -0.05) is 17.7 Å². The molecule has 0 bridgehead atoms. The Bertz CT molecular complexity index is 765. The zero-order chi connectivity index (χ0) is 17.8. The summed E-state index contributed by atoms with van der Waals surface area (Å²) in [4.78, 5) is 23.6. The Morgan fingerprint density at radius 3 is 2.96 bits per heavy atom. The maximum Gasteiger partial charge on any atom is 0.251 e. The number of likely N-dealkylation sites (tertiary alicyclic amines) is 1. The van der Waals surface area contributed by atoms with Crippen molar-refractivity contribution in [3.05, 3.63) is 58.1 Å². The van der Waals surface area contributed by atoms with Gasteiger partial charge in [0.25, 0.3) is 5.91 Å². The van der Waals surface area contributed by atoms with Gasteiger partial charge in [0.1, 0.15) is 5.82 Å². The van der Waals surface area contributed by atoms with E-state index < -0.39 is 0 Å². The number of benzene rings is 1. The minimum absolute atomic E-state index is 0.0689. The van der Waals surface area contributed by atoms with E-state index in [1.54, 1.807) is 12.3 Å². The van der Waals surface area contributed by atoms with Crippen molar-refractivity contribution in [2.24, 2.45) is 0 Å². The van der Waals surface area contributed by atoms with Gasteiger partial charge in [-0.2, -0.15) is 0 Å². The van der Waals surface area contributed by atoms with Crippen LogP contribution in [0, 0.1) is 13.8 Å². The summed E-state index contributed by atoms with van der Waals surface area (Å²) in [6.45, 7) is 6.42. The van der Waals surface area contributed by atoms with E-state index in [2.05, 4.69) is 20.2 Å². The van der Waals surface area contributed by atoms with Gasteiger partial charge in [-0.05, 0) is 57.0 Å². The summed E-state index contributed by atoms with van der Waals surface area (Å²) in [5.74, 6) is 0.762. The molecule has 1 N–H and O–H groups in total. The second-order valence-electron chi connectivity index (χ2n) is 6.63. The van der Waals surface area contributed by atoms with E-state index in [0.717, 1.165) is 43.0 Å². The largest absolute Gasteiger partial charge is 0.348 e. The lowest BCUT2D eigenvalue weighted by Gasteiger charge is -2.32. The van der Waals surface area contributed by atoms with Crippen molar-refractivity contribution < 1.29 is 4.79 Å². The molecule has 25 heavy (non-hydrogen) atoms. The van der Waals surface area contributed by atoms with Crippen LogP contribution in [-0.2, 0) is 6.54 Å². The van der Waals surface area contributed by atoms with E-state index in [0.29, 0.717) is 17.1 Å². The number of aromatic nitrogens is 2. The molecular formula is C19H23ClN4O. The first-order valence-corrected chi connectivity index (χ1v) is 8.97. The Kier molecular flexibility index (Phi) is 5.66. The number of nitrogens with zero attached hydrogens (tertiary/aromatic N) is 3. The van der Waals surface area contributed by atoms with Crippen molar-refractivity contribution >= 4 is 17.5 Å². The number of nitrogens with one attached hydrogen (secondary N) is 1. The number of hydrogen-bond donors (Lipinski definition) is 1. The summed E-state index contributed by atoms with van der Waals surface area (Å²) in [5, 5.41) is 3.75. The van der Waals surface area contributed by atoms with Crippen LogP contribution in [0.3, 0.4) is 0 Å². The lowest BCUT2D eigenvalue weighted by molar-refractivity contribution is 0.0899. The molecule has 0 spiro atoms. The first kappa shape index (κ1) is 17.8. The summed E-state index contributed by atoms with van der Waals surface area (Å²) in [5.41, 5.74) is 2.55. The summed E-state index contributed by atoms with van der Waals surface area (Å²) in [6, 6.07) is 7.45. The second kappa shape index (κ2) is 7.93. The number of piperidine rings is 1. The van der Waals surface area contributed by atoms with Crippen LogP contribution < -0.4 is 5.32 Å². The molecule has 1 atom stereocenters. The number of rotatable bonds is 4. The summed E-state index contributed by atoms with van der Waals surface area (Å²) in [7, 11) is 0. The highest BCUT2D eigenvalue weighted by molar-refractivity contribution is 6.31. The smallest absolute Gasteiger partial charge is 0.251 e. The molecule has 1 amide bonds. The van der Waals surface area contributed by atoms with Crippen LogP contribution in [0.4, 0.5) is 0 Å². The Labute approximate surface area is 153 Å². The molecule has 1 aliphatic heterocycles. The third-order valence-corrected chi connectivity index (χ3v) is 4.89. The molecule has 2 aromatic rings. The normalized spacial score (nSPS) is 18.1. The highest BCUT2D eigenvalue weighted by Gasteiger charge is 2.22. The van der Waals surface area contributed by atoms with Gasteiger partial charge in [0, 0.05) is 35.1 Å². The van der Waals surface area contributed by atoms with Crippen LogP contribution in [0.25, 0.3) is 0 Å². The predicted octanol–water partition coefficient (Wildman–Crippen LogP) is 3.14. The minimum Gasteiger partial charge on any atom is -0.348 e. The summed E-state index contributed by atoms with van der Waals surface area (Å²) in [6.07, 6.45) is 3.82. The van der Waals surface area contributed by atoms with E-state index in [1.165, 1.54) is 0 Å². The molecule has 5 nitrogen and oxygen atoms in total. The van der Waals surface area contributed by atoms with E-state index in [-0.39, 0.29) is 11.9 Å². The van der Waals surface area contributed by atoms with Crippen molar-refractivity contribution in [2.45, 2.75) is 39.3 Å². The van der Waals surface area contributed by atoms with Crippen molar-refractivity contribution in [1.82, 2.24) is 20.2 Å². The van der Waals surface area contributed by atoms with E-state index in [4.69, 9.17) is 11.6 Å². The van der Waals surface area contributed by atoms with Gasteiger partial charge >= 0.3 is 0 Å². The molecule has 3 rings (SSSR count). The monoisotopic (exact) mass is 358 g/mol. The van der Waals surface area contributed by atoms with Gasteiger partial charge < -0.3 is 5.32 Å². The van der Waals surface area contributed by atoms with Crippen LogP contribution in [0.5, 0.6) is 0 Å². The summed E-state index contributed by atoms with van der Waals surface area (Å²) < 4.78 is 0. The third kappa shape index (κ3) is 4.77. The number of halogens is 1. The van der Waals surface area contributed by atoms with Gasteiger partial charge in [0.2, 0.25) is 0 Å². The molecule has 0 unspecified atom stereocenters. The zero-order valence-electron chi connectivity index (χ0n) is 14.6. The lowest BCUT2D eigenvalue weighted by Crippen LogP contribution is -2.47. The summed E-state index contributed by atoms with van der Waals surface area (Å²) >= 11 is 6.12. The first-order chi connectivity index (χ1) is 12.0. The quantitative estimate of drug-likeness (QED) is 0.912. The van der Waals surface area contributed by atoms with E-state index in [1.807, 2.05) is 32.0 Å². The maximum atomic E-state index is 12.5. The van der Waals surface area contributed by atoms with Crippen molar-refractivity contribution in [1.29, 1.82) is 0 Å². The first-order valence-electron chi connectivity index (χ1n) is 8.59. The molecular weight excluding hydrogens is 336 g/mol. The van der Waals surface area contributed by atoms with Crippen LogP contribution in [0.1, 0.15) is 40.3 Å². The van der Waals surface area contributed by atoms with Crippen LogP contribution in [0.15, 0.2) is 30.5 Å². The van der Waals surface area contributed by atoms with Crippen molar-refractivity contribution in [3.63, 3.8) is 0 Å². The fourth-order valence-electron chi connectivity index (χ4n) is 3.10. The zero-order valence-corrected chi connectivity index (χ0v) is 15.4. The van der Waals surface area contributed by atoms with Gasteiger partial charge in [0.05, 0.1) is 6.54 Å². The number of hydrogen-bond acceptors (Lipinski definition) is 4. The molecule has 1 fully saturated rings. The van der Waals surface area contributed by atoms with E-state index in [9.17, 15) is 4.79 Å². The average molecular weight is 359 g/mol. The topological polar surface area (TPSA) is 58.1 Å². The van der Waals surface area contributed by atoms with E-state index >= 15 is 0 Å². The molecule has 0 aliphatic carbocycles. The molecule has 0 saturated carbocycles. The second-order valence-corrected chi connectivity index (χ2v) is 7.03. The molecule has 6 heteroatoms. The van der Waals surface area contributed by atoms with Crippen molar-refractivity contribution in [3.8, 4) is 0 Å². The molecule has 1 aliphatic rings. The highest BCUT2D eigenvalue weighted by Crippen LogP contribution is 2.18. The SMILES string of the molecule is Cc1ccnc(CN2CCC[C@@H](NC(=O)c3ccc(C)c(Cl)c3)C2)n1. The number of aryl methyl sites for hydroxylation is 2. The maximum absolute atomic E-state index is 12.5. The van der Waals surface area contributed by atoms with Crippen LogP contribution in [-0.4, -0.2) is 39.9 Å². The Morgan fingerprint density at radius 1 is 1.36 bits per heavy atom. The molecule has 1 saturated heterocycles. The van der Waals surface area contributed by atoms with Crippen LogP contribution in [0.2, 0.25) is 5.02 Å². The Morgan fingerprint density at radius 2 is 2.20 bits per heavy atom. The van der Waals surface area contributed by atoms with Gasteiger partial charge in [0.15, 0.2) is 0 Å². The molecule has 1 aromatic heterocycles. The average Bonchev–Trinajstić information content (AvgIpc) is 2.57. The van der Waals surface area contributed by atoms with Crippen molar-refractivity contribution in [2.75, 3.05) is 13.1 Å². The fraction of sp³-hybridized carbons (Fsp3) is 0.421. The number of amides is 1. The van der Waals surface area contributed by atoms with Crippen LogP contribution >= 0.6 is 11.6 Å². The predicted molar refractivity (Wildman–Crippen MR) is 98.7 cm³/mol. The molecule has 1 aromatic carbocycles. The third-order valence-electron chi connectivity index (χ3n) is 4.48.